The molecule has 1 aromatic carbocycles. The predicted octanol–water partition coefficient (Wildman–Crippen LogP) is 3.88. The molecule has 1 atom stereocenters. The fourth-order valence-electron chi connectivity index (χ4n) is 1.80. The largest absolute Gasteiger partial charge is 0.0764 e. The van der Waals surface area contributed by atoms with E-state index in [1.807, 2.05) is 0 Å². The zero-order valence-corrected chi connectivity index (χ0v) is 8.48. The summed E-state index contributed by atoms with van der Waals surface area (Å²) >= 11 is 0. The monoisotopic (exact) mass is 183 g/mol. The van der Waals surface area contributed by atoms with Crippen molar-refractivity contribution in [1.29, 1.82) is 0 Å². The van der Waals surface area contributed by atoms with Crippen LogP contribution in [0.5, 0.6) is 0 Å². The minimum atomic E-state index is 0.610. The average Bonchev–Trinajstić information content (AvgIpc) is 2.72. The maximum atomic E-state index is 2.28. The molecule has 0 bridgehead atoms. The normalized spacial score (nSPS) is 16.8. The molecule has 1 aliphatic carbocycles. The van der Waals surface area contributed by atoms with Crippen LogP contribution in [-0.2, 0) is 0 Å². The molecule has 0 aromatic heterocycles. The van der Waals surface area contributed by atoms with Gasteiger partial charge in [-0.15, -0.1) is 0 Å². The standard InChI is InChI=1S/C14H15/c1-12(11-13-7-5-6-8-13)14-9-3-2-4-10-14/h2-10,12H,11H2,1H3. The molecule has 0 spiro atoms. The van der Waals surface area contributed by atoms with Gasteiger partial charge in [0.15, 0.2) is 0 Å². The lowest BCUT2D eigenvalue weighted by Gasteiger charge is -2.11. The fraction of sp³-hybridized carbons (Fsp3) is 0.214. The Morgan fingerprint density at radius 2 is 1.93 bits per heavy atom. The van der Waals surface area contributed by atoms with E-state index < -0.39 is 0 Å². The first kappa shape index (κ1) is 9.26. The Hall–Kier alpha value is -1.30. The second kappa shape index (κ2) is 4.28. The molecule has 0 saturated carbocycles. The highest BCUT2D eigenvalue weighted by molar-refractivity contribution is 5.35. The van der Waals surface area contributed by atoms with Crippen molar-refractivity contribution in [2.24, 2.45) is 0 Å². The van der Waals surface area contributed by atoms with Crippen molar-refractivity contribution in [3.8, 4) is 0 Å². The lowest BCUT2D eigenvalue weighted by Crippen LogP contribution is -1.93. The zero-order chi connectivity index (χ0) is 9.80. The Balaban J connectivity index is 2.02. The lowest BCUT2D eigenvalue weighted by atomic mass is 9.94. The minimum absolute atomic E-state index is 0.610. The Labute approximate surface area is 86.0 Å². The molecule has 0 heterocycles. The molecule has 1 aliphatic rings. The Morgan fingerprint density at radius 3 is 2.57 bits per heavy atom. The smallest absolute Gasteiger partial charge is 0.00535 e. The third-order valence-electron chi connectivity index (χ3n) is 2.64. The van der Waals surface area contributed by atoms with Crippen LogP contribution < -0.4 is 0 Å². The first-order chi connectivity index (χ1) is 6.86. The van der Waals surface area contributed by atoms with Crippen molar-refractivity contribution in [2.75, 3.05) is 0 Å². The lowest BCUT2D eigenvalue weighted by molar-refractivity contribution is 0.763. The third kappa shape index (κ3) is 2.14. The van der Waals surface area contributed by atoms with Crippen molar-refractivity contribution >= 4 is 0 Å². The molecule has 1 unspecified atom stereocenters. The second-order valence-corrected chi connectivity index (χ2v) is 3.81. The van der Waals surface area contributed by atoms with Crippen LogP contribution in [0.2, 0.25) is 0 Å². The van der Waals surface area contributed by atoms with Gasteiger partial charge in [0.2, 0.25) is 0 Å². The Kier molecular flexibility index (Phi) is 2.83. The fourth-order valence-corrected chi connectivity index (χ4v) is 1.80. The van der Waals surface area contributed by atoms with Gasteiger partial charge in [0, 0.05) is 6.42 Å². The van der Waals surface area contributed by atoms with Crippen LogP contribution in [0, 0.1) is 6.42 Å². The van der Waals surface area contributed by atoms with Crippen LogP contribution in [0.4, 0.5) is 0 Å². The van der Waals surface area contributed by atoms with Gasteiger partial charge in [-0.1, -0.05) is 61.1 Å². The molecule has 0 nitrogen and oxygen atoms in total. The number of benzene rings is 1. The molecule has 0 saturated heterocycles. The highest BCUT2D eigenvalue weighted by Crippen LogP contribution is 2.25. The molecule has 0 fully saturated rings. The zero-order valence-electron chi connectivity index (χ0n) is 8.48. The highest BCUT2D eigenvalue weighted by atomic mass is 14.1. The van der Waals surface area contributed by atoms with Crippen molar-refractivity contribution < 1.29 is 0 Å². The van der Waals surface area contributed by atoms with E-state index in [0.29, 0.717) is 5.92 Å². The van der Waals surface area contributed by atoms with Gasteiger partial charge >= 0.3 is 0 Å². The number of allylic oxidation sites excluding steroid dienone is 4. The molecule has 14 heavy (non-hydrogen) atoms. The maximum Gasteiger partial charge on any atom is 0.00535 e. The van der Waals surface area contributed by atoms with E-state index in [2.05, 4.69) is 61.9 Å². The summed E-state index contributed by atoms with van der Waals surface area (Å²) < 4.78 is 0. The Bertz CT molecular complexity index is 344. The van der Waals surface area contributed by atoms with E-state index in [4.69, 9.17) is 0 Å². The molecule has 1 radical (unpaired) electrons. The highest BCUT2D eigenvalue weighted by Gasteiger charge is 2.07. The summed E-state index contributed by atoms with van der Waals surface area (Å²) in [6.45, 7) is 2.28. The van der Waals surface area contributed by atoms with Crippen molar-refractivity contribution in [3.05, 3.63) is 66.1 Å². The van der Waals surface area contributed by atoms with E-state index in [1.165, 1.54) is 11.1 Å². The van der Waals surface area contributed by atoms with Gasteiger partial charge < -0.3 is 0 Å². The topological polar surface area (TPSA) is 0 Å². The molecule has 0 amide bonds. The molecule has 0 heteroatoms. The first-order valence-corrected chi connectivity index (χ1v) is 5.12. The van der Waals surface area contributed by atoms with Gasteiger partial charge in [-0.25, -0.2) is 0 Å². The van der Waals surface area contributed by atoms with Gasteiger partial charge in [0.1, 0.15) is 0 Å². The van der Waals surface area contributed by atoms with Crippen LogP contribution in [0.25, 0.3) is 0 Å². The summed E-state index contributed by atoms with van der Waals surface area (Å²) in [7, 11) is 0. The number of hydrogen-bond acceptors (Lipinski definition) is 0. The molecule has 71 valence electrons. The molecule has 1 aromatic rings. The van der Waals surface area contributed by atoms with Gasteiger partial charge in [-0.3, -0.25) is 0 Å². The molecule has 2 rings (SSSR count). The van der Waals surface area contributed by atoms with E-state index in [9.17, 15) is 0 Å². The summed E-state index contributed by atoms with van der Waals surface area (Å²) in [6, 6.07) is 10.7. The molecule has 0 aliphatic heterocycles. The van der Waals surface area contributed by atoms with E-state index in [0.717, 1.165) is 6.42 Å². The van der Waals surface area contributed by atoms with Crippen LogP contribution in [0.1, 0.15) is 24.8 Å². The van der Waals surface area contributed by atoms with Crippen LogP contribution in [-0.4, -0.2) is 0 Å². The van der Waals surface area contributed by atoms with E-state index >= 15 is 0 Å². The van der Waals surface area contributed by atoms with Gasteiger partial charge in [-0.05, 0) is 17.9 Å². The predicted molar refractivity (Wildman–Crippen MR) is 61.0 cm³/mol. The minimum Gasteiger partial charge on any atom is -0.0764 e. The third-order valence-corrected chi connectivity index (χ3v) is 2.64. The van der Waals surface area contributed by atoms with Gasteiger partial charge in [-0.2, -0.15) is 0 Å². The van der Waals surface area contributed by atoms with Gasteiger partial charge in [0.05, 0.1) is 0 Å². The average molecular weight is 183 g/mol. The molecular formula is C14H15. The number of rotatable bonds is 3. The Morgan fingerprint density at radius 1 is 1.14 bits per heavy atom. The van der Waals surface area contributed by atoms with Crippen molar-refractivity contribution in [1.82, 2.24) is 0 Å². The van der Waals surface area contributed by atoms with Gasteiger partial charge in [0.25, 0.3) is 0 Å². The summed E-state index contributed by atoms with van der Waals surface area (Å²) in [6.07, 6.45) is 9.73. The van der Waals surface area contributed by atoms with Crippen molar-refractivity contribution in [2.45, 2.75) is 19.3 Å². The maximum absolute atomic E-state index is 2.28. The van der Waals surface area contributed by atoms with E-state index in [1.54, 1.807) is 0 Å². The van der Waals surface area contributed by atoms with E-state index in [-0.39, 0.29) is 0 Å². The summed E-state index contributed by atoms with van der Waals surface area (Å²) in [4.78, 5) is 0. The van der Waals surface area contributed by atoms with Crippen molar-refractivity contribution in [3.63, 3.8) is 0 Å². The summed E-state index contributed by atoms with van der Waals surface area (Å²) in [5.41, 5.74) is 2.86. The SMILES string of the molecule is CC(CC1=C[CH]C=C1)c1ccccc1. The number of hydrogen-bond donors (Lipinski definition) is 0. The van der Waals surface area contributed by atoms with Crippen LogP contribution in [0.3, 0.4) is 0 Å². The second-order valence-electron chi connectivity index (χ2n) is 3.81. The summed E-state index contributed by atoms with van der Waals surface area (Å²) in [5.74, 6) is 0.610. The quantitative estimate of drug-likeness (QED) is 0.667. The van der Waals surface area contributed by atoms with Crippen LogP contribution >= 0.6 is 0 Å². The molecular weight excluding hydrogens is 168 g/mol. The van der Waals surface area contributed by atoms with Crippen LogP contribution in [0.15, 0.2) is 54.1 Å². The first-order valence-electron chi connectivity index (χ1n) is 5.12. The summed E-state index contributed by atoms with van der Waals surface area (Å²) in [5, 5.41) is 0. The molecule has 0 N–H and O–H groups in total.